The number of benzene rings is 2. The van der Waals surface area contributed by atoms with Crippen LogP contribution < -0.4 is 4.72 Å². The second kappa shape index (κ2) is 9.17. The summed E-state index contributed by atoms with van der Waals surface area (Å²) >= 11 is 0. The monoisotopic (exact) mass is 506 g/mol. The summed E-state index contributed by atoms with van der Waals surface area (Å²) in [6.07, 6.45) is -0.710. The van der Waals surface area contributed by atoms with Gasteiger partial charge in [0.25, 0.3) is 0 Å². The fourth-order valence-corrected chi connectivity index (χ4v) is 5.95. The molecular formula is C26H32F2N2O4S. The largest absolute Gasteiger partial charge is 0.444 e. The fourth-order valence-electron chi connectivity index (χ4n) is 5.03. The van der Waals surface area contributed by atoms with E-state index in [2.05, 4.69) is 4.72 Å². The summed E-state index contributed by atoms with van der Waals surface area (Å²) in [7, 11) is -3.80. The van der Waals surface area contributed by atoms with E-state index < -0.39 is 51.3 Å². The Morgan fingerprint density at radius 2 is 1.80 bits per heavy atom. The van der Waals surface area contributed by atoms with Crippen LogP contribution in [0.3, 0.4) is 0 Å². The van der Waals surface area contributed by atoms with Crippen LogP contribution in [-0.2, 0) is 21.2 Å². The number of nitrogens with one attached hydrogen (secondary N) is 1. The van der Waals surface area contributed by atoms with Gasteiger partial charge in [-0.25, -0.2) is 26.7 Å². The van der Waals surface area contributed by atoms with Crippen molar-refractivity contribution in [2.75, 3.05) is 5.75 Å². The quantitative estimate of drug-likeness (QED) is 0.609. The Labute approximate surface area is 205 Å². The second-order valence-corrected chi connectivity index (χ2v) is 12.4. The average molecular weight is 507 g/mol. The van der Waals surface area contributed by atoms with Crippen LogP contribution in [0.4, 0.5) is 13.6 Å². The van der Waals surface area contributed by atoms with Crippen LogP contribution in [0.2, 0.25) is 0 Å². The number of rotatable bonds is 6. The number of carbonyl (C=O) groups excluding carboxylic acids is 1. The lowest BCUT2D eigenvalue weighted by atomic mass is 9.64. The van der Waals surface area contributed by atoms with E-state index in [1.54, 1.807) is 51.1 Å². The molecule has 2 aromatic carbocycles. The molecule has 2 saturated heterocycles. The summed E-state index contributed by atoms with van der Waals surface area (Å²) in [5.41, 5.74) is -1.27. The zero-order valence-electron chi connectivity index (χ0n) is 20.4. The van der Waals surface area contributed by atoms with Crippen molar-refractivity contribution >= 4 is 16.1 Å². The smallest absolute Gasteiger partial charge is 0.410 e. The first-order valence-electron chi connectivity index (χ1n) is 11.9. The minimum Gasteiger partial charge on any atom is -0.444 e. The van der Waals surface area contributed by atoms with Crippen molar-refractivity contribution in [3.05, 3.63) is 59.9 Å². The molecule has 5 rings (SSSR count). The Bertz CT molecular complexity index is 1190. The standard InChI is InChI=1S/C26H32F2N2O4S/c1-5-35(32,33)29-23-21(30(19-15-26(23,28)16-19)24(31)34-25(2,3)4)14-18-12-9-13-20(22(18)27)17-10-7-6-8-11-17/h6-13,19,21,23,29H,5,14-16H2,1-4H3/t19?,21-,23+,26?/m0/s1. The summed E-state index contributed by atoms with van der Waals surface area (Å²) in [4.78, 5) is 14.6. The van der Waals surface area contributed by atoms with Crippen LogP contribution in [0.5, 0.6) is 0 Å². The maximum Gasteiger partial charge on any atom is 0.410 e. The molecule has 1 N–H and O–H groups in total. The molecule has 35 heavy (non-hydrogen) atoms. The first-order valence-corrected chi connectivity index (χ1v) is 13.5. The molecule has 0 unspecified atom stereocenters. The van der Waals surface area contributed by atoms with Gasteiger partial charge in [0.1, 0.15) is 17.1 Å². The van der Waals surface area contributed by atoms with Crippen LogP contribution in [0.25, 0.3) is 11.1 Å². The molecule has 2 atom stereocenters. The van der Waals surface area contributed by atoms with Crippen LogP contribution in [-0.4, -0.2) is 54.6 Å². The molecule has 1 amide bonds. The molecule has 0 spiro atoms. The Morgan fingerprint density at radius 1 is 1.14 bits per heavy atom. The Hall–Kier alpha value is -2.52. The third-order valence-corrected chi connectivity index (χ3v) is 8.10. The molecule has 6 nitrogen and oxygen atoms in total. The zero-order chi connectivity index (χ0) is 25.6. The number of amides is 1. The van der Waals surface area contributed by atoms with Gasteiger partial charge in [0, 0.05) is 24.4 Å². The van der Waals surface area contributed by atoms with Crippen molar-refractivity contribution < 1.29 is 26.7 Å². The van der Waals surface area contributed by atoms with E-state index in [4.69, 9.17) is 4.74 Å². The van der Waals surface area contributed by atoms with E-state index in [0.717, 1.165) is 0 Å². The van der Waals surface area contributed by atoms with E-state index in [-0.39, 0.29) is 30.6 Å². The number of sulfonamides is 1. The molecular weight excluding hydrogens is 474 g/mol. The number of alkyl halides is 1. The van der Waals surface area contributed by atoms with Gasteiger partial charge in [-0.15, -0.1) is 0 Å². The minimum atomic E-state index is -3.80. The molecule has 2 aliphatic heterocycles. The Balaban J connectivity index is 1.75. The van der Waals surface area contributed by atoms with Crippen molar-refractivity contribution in [2.45, 2.75) is 76.4 Å². The van der Waals surface area contributed by atoms with Crippen LogP contribution in [0, 0.1) is 5.82 Å². The van der Waals surface area contributed by atoms with Gasteiger partial charge in [-0.05, 0) is 45.2 Å². The molecule has 3 fully saturated rings. The second-order valence-electron chi connectivity index (χ2n) is 10.4. The van der Waals surface area contributed by atoms with Gasteiger partial charge in [-0.2, -0.15) is 0 Å². The normalized spacial score (nSPS) is 26.2. The Kier molecular flexibility index (Phi) is 6.70. The van der Waals surface area contributed by atoms with Gasteiger partial charge in [0.05, 0.1) is 17.8 Å². The summed E-state index contributed by atoms with van der Waals surface area (Å²) in [5.74, 6) is -0.716. The molecule has 3 aliphatic rings. The highest BCUT2D eigenvalue weighted by Crippen LogP contribution is 2.50. The van der Waals surface area contributed by atoms with E-state index in [1.165, 1.54) is 11.8 Å². The lowest BCUT2D eigenvalue weighted by Gasteiger charge is -2.60. The molecule has 190 valence electrons. The molecule has 2 aromatic rings. The number of carbonyl (C=O) groups is 1. The average Bonchev–Trinajstić information content (AvgIpc) is 2.75. The van der Waals surface area contributed by atoms with Crippen LogP contribution >= 0.6 is 0 Å². The minimum absolute atomic E-state index is 0.00613. The SMILES string of the molecule is CCS(=O)(=O)N[C@@H]1[C@H](Cc2cccc(-c3ccccc3)c2F)N(C(=O)OC(C)(C)C)C2CC1(F)C2. The number of halogens is 2. The van der Waals surface area contributed by atoms with Crippen molar-refractivity contribution in [1.29, 1.82) is 0 Å². The van der Waals surface area contributed by atoms with E-state index in [1.807, 2.05) is 18.2 Å². The number of hydrogen-bond donors (Lipinski definition) is 1. The summed E-state index contributed by atoms with van der Waals surface area (Å²) in [5, 5.41) is 0. The van der Waals surface area contributed by atoms with Gasteiger partial charge < -0.3 is 4.74 Å². The lowest BCUT2D eigenvalue weighted by molar-refractivity contribution is -0.131. The van der Waals surface area contributed by atoms with E-state index in [0.29, 0.717) is 11.1 Å². The topological polar surface area (TPSA) is 75.7 Å². The van der Waals surface area contributed by atoms with Crippen molar-refractivity contribution in [3.8, 4) is 11.1 Å². The van der Waals surface area contributed by atoms with Crippen LogP contribution in [0.1, 0.15) is 46.1 Å². The van der Waals surface area contributed by atoms with Gasteiger partial charge >= 0.3 is 6.09 Å². The first-order chi connectivity index (χ1) is 16.3. The highest BCUT2D eigenvalue weighted by Gasteiger charge is 2.64. The Morgan fingerprint density at radius 3 is 2.40 bits per heavy atom. The maximum atomic E-state index is 15.8. The van der Waals surface area contributed by atoms with E-state index >= 15 is 8.78 Å². The summed E-state index contributed by atoms with van der Waals surface area (Å²) in [6.45, 7) is 6.64. The first kappa shape index (κ1) is 25.6. The molecule has 2 heterocycles. The van der Waals surface area contributed by atoms with Crippen molar-refractivity contribution in [1.82, 2.24) is 9.62 Å². The predicted octanol–water partition coefficient (Wildman–Crippen LogP) is 4.83. The molecule has 1 saturated carbocycles. The third kappa shape index (κ3) is 5.21. The number of fused-ring (bicyclic) bond motifs is 2. The number of nitrogens with zero attached hydrogens (tertiary/aromatic N) is 1. The van der Waals surface area contributed by atoms with Gasteiger partial charge in [-0.3, -0.25) is 4.90 Å². The number of hydrogen-bond acceptors (Lipinski definition) is 4. The fraction of sp³-hybridized carbons (Fsp3) is 0.500. The molecule has 9 heteroatoms. The summed E-state index contributed by atoms with van der Waals surface area (Å²) in [6, 6.07) is 11.4. The lowest BCUT2D eigenvalue weighted by Crippen LogP contribution is -2.77. The van der Waals surface area contributed by atoms with Crippen LogP contribution in [0.15, 0.2) is 48.5 Å². The third-order valence-electron chi connectivity index (χ3n) is 6.73. The van der Waals surface area contributed by atoms with Gasteiger partial charge in [0.2, 0.25) is 10.0 Å². The highest BCUT2D eigenvalue weighted by molar-refractivity contribution is 7.89. The molecule has 0 radical (unpaired) electrons. The molecule has 0 aromatic heterocycles. The maximum absolute atomic E-state index is 15.8. The van der Waals surface area contributed by atoms with Gasteiger partial charge in [0.15, 0.2) is 0 Å². The highest BCUT2D eigenvalue weighted by atomic mass is 32.2. The van der Waals surface area contributed by atoms with E-state index in [9.17, 15) is 13.2 Å². The van der Waals surface area contributed by atoms with Gasteiger partial charge in [-0.1, -0.05) is 48.5 Å². The van der Waals surface area contributed by atoms with Crippen molar-refractivity contribution in [3.63, 3.8) is 0 Å². The van der Waals surface area contributed by atoms with Crippen molar-refractivity contribution in [2.24, 2.45) is 0 Å². The molecule has 1 aliphatic carbocycles. The zero-order valence-corrected chi connectivity index (χ0v) is 21.2. The summed E-state index contributed by atoms with van der Waals surface area (Å²) < 4.78 is 64.6. The predicted molar refractivity (Wildman–Crippen MR) is 131 cm³/mol. The number of piperidine rings is 2. The molecule has 2 bridgehead atoms. The number of ether oxygens (including phenoxy) is 1.